The van der Waals surface area contributed by atoms with Crippen LogP contribution in [0.4, 0.5) is 0 Å². The lowest BCUT2D eigenvalue weighted by atomic mass is 9.91. The van der Waals surface area contributed by atoms with Crippen molar-refractivity contribution in [1.82, 2.24) is 5.32 Å². The Morgan fingerprint density at radius 1 is 1.00 bits per heavy atom. The van der Waals surface area contributed by atoms with Crippen LogP contribution in [0.25, 0.3) is 0 Å². The van der Waals surface area contributed by atoms with Gasteiger partial charge >= 0.3 is 0 Å². The third-order valence-electron chi connectivity index (χ3n) is 4.49. The Morgan fingerprint density at radius 2 is 1.68 bits per heavy atom. The van der Waals surface area contributed by atoms with Gasteiger partial charge in [-0.15, -0.1) is 0 Å². The first-order valence-electron chi connectivity index (χ1n) is 7.70. The lowest BCUT2D eigenvalue weighted by Crippen LogP contribution is -2.39. The van der Waals surface area contributed by atoms with Gasteiger partial charge in [0.2, 0.25) is 5.91 Å². The van der Waals surface area contributed by atoms with Crippen molar-refractivity contribution in [3.8, 4) is 0 Å². The average molecular weight is 257 g/mol. The van der Waals surface area contributed by atoms with E-state index in [1.165, 1.54) is 37.7 Å². The maximum atomic E-state index is 12.6. The molecule has 2 aliphatic rings. The first-order chi connectivity index (χ1) is 9.34. The topological polar surface area (TPSA) is 29.1 Å². The monoisotopic (exact) mass is 257 g/mol. The van der Waals surface area contributed by atoms with Crippen molar-refractivity contribution in [1.29, 1.82) is 0 Å². The molecule has 19 heavy (non-hydrogen) atoms. The summed E-state index contributed by atoms with van der Waals surface area (Å²) in [4.78, 5) is 12.6. The summed E-state index contributed by atoms with van der Waals surface area (Å²) in [5, 5.41) is 3.30. The number of amides is 1. The van der Waals surface area contributed by atoms with Crippen LogP contribution in [0.15, 0.2) is 30.3 Å². The molecule has 2 fully saturated rings. The summed E-state index contributed by atoms with van der Waals surface area (Å²) >= 11 is 0. The molecule has 102 valence electrons. The summed E-state index contributed by atoms with van der Waals surface area (Å²) in [6, 6.07) is 10.7. The van der Waals surface area contributed by atoms with Crippen molar-refractivity contribution in [3.63, 3.8) is 0 Å². The van der Waals surface area contributed by atoms with Gasteiger partial charge < -0.3 is 5.32 Å². The number of benzene rings is 1. The van der Waals surface area contributed by atoms with Crippen molar-refractivity contribution < 1.29 is 4.79 Å². The summed E-state index contributed by atoms with van der Waals surface area (Å²) in [6.45, 7) is 0. The molecule has 1 aromatic rings. The van der Waals surface area contributed by atoms with Crippen LogP contribution in [0.1, 0.15) is 56.4 Å². The molecule has 2 aliphatic carbocycles. The third kappa shape index (κ3) is 3.17. The largest absolute Gasteiger partial charge is 0.353 e. The number of hydrogen-bond acceptors (Lipinski definition) is 1. The Hall–Kier alpha value is -1.31. The van der Waals surface area contributed by atoms with E-state index in [1.807, 2.05) is 18.2 Å². The van der Waals surface area contributed by atoms with E-state index in [4.69, 9.17) is 0 Å². The second-order valence-electron chi connectivity index (χ2n) is 6.07. The van der Waals surface area contributed by atoms with E-state index >= 15 is 0 Å². The van der Waals surface area contributed by atoms with E-state index in [2.05, 4.69) is 17.4 Å². The first kappa shape index (κ1) is 12.7. The highest BCUT2D eigenvalue weighted by atomic mass is 16.2. The van der Waals surface area contributed by atoms with Gasteiger partial charge in [0, 0.05) is 6.04 Å². The highest BCUT2D eigenvalue weighted by Gasteiger charge is 2.37. The molecule has 1 unspecified atom stereocenters. The molecule has 0 saturated heterocycles. The fraction of sp³-hybridized carbons (Fsp3) is 0.588. The average Bonchev–Trinajstić information content (AvgIpc) is 3.26. The van der Waals surface area contributed by atoms with Crippen LogP contribution in [0.5, 0.6) is 0 Å². The van der Waals surface area contributed by atoms with E-state index in [-0.39, 0.29) is 11.8 Å². The molecule has 1 aromatic carbocycles. The molecule has 1 N–H and O–H groups in total. The maximum Gasteiger partial charge on any atom is 0.228 e. The molecular formula is C17H23NO. The van der Waals surface area contributed by atoms with Gasteiger partial charge in [-0.05, 0) is 37.2 Å². The van der Waals surface area contributed by atoms with Crippen molar-refractivity contribution in [2.75, 3.05) is 0 Å². The van der Waals surface area contributed by atoms with Gasteiger partial charge in [-0.1, -0.05) is 49.6 Å². The molecule has 0 bridgehead atoms. The summed E-state index contributed by atoms with van der Waals surface area (Å²) in [5.41, 5.74) is 1.19. The molecule has 1 atom stereocenters. The minimum Gasteiger partial charge on any atom is -0.353 e. The van der Waals surface area contributed by atoms with Gasteiger partial charge in [-0.25, -0.2) is 0 Å². The van der Waals surface area contributed by atoms with Crippen molar-refractivity contribution in [2.45, 2.75) is 56.9 Å². The zero-order valence-corrected chi connectivity index (χ0v) is 11.5. The maximum absolute atomic E-state index is 12.6. The fourth-order valence-corrected chi connectivity index (χ4v) is 3.27. The first-order valence-corrected chi connectivity index (χ1v) is 7.70. The summed E-state index contributed by atoms with van der Waals surface area (Å²) in [5.74, 6) is 0.926. The molecule has 0 heterocycles. The molecule has 2 saturated carbocycles. The minimum absolute atomic E-state index is 0.0862. The van der Waals surface area contributed by atoms with E-state index in [1.54, 1.807) is 0 Å². The van der Waals surface area contributed by atoms with Gasteiger partial charge in [0.15, 0.2) is 0 Å². The van der Waals surface area contributed by atoms with Gasteiger partial charge in [0.25, 0.3) is 0 Å². The van der Waals surface area contributed by atoms with E-state index in [0.29, 0.717) is 12.0 Å². The van der Waals surface area contributed by atoms with Gasteiger partial charge in [-0.3, -0.25) is 4.79 Å². The van der Waals surface area contributed by atoms with E-state index in [9.17, 15) is 4.79 Å². The standard InChI is InChI=1S/C17H23NO/c19-17(18-15-9-5-2-6-10-15)16(14-11-12-14)13-7-3-1-4-8-13/h1,3-4,7-8,14-16H,2,5-6,9-12H2,(H,18,19). The quantitative estimate of drug-likeness (QED) is 0.876. The predicted molar refractivity (Wildman–Crippen MR) is 76.9 cm³/mol. The van der Waals surface area contributed by atoms with Crippen LogP contribution < -0.4 is 5.32 Å². The van der Waals surface area contributed by atoms with Crippen molar-refractivity contribution in [3.05, 3.63) is 35.9 Å². The zero-order valence-electron chi connectivity index (χ0n) is 11.5. The van der Waals surface area contributed by atoms with Gasteiger partial charge in [-0.2, -0.15) is 0 Å². The molecule has 0 radical (unpaired) electrons. The van der Waals surface area contributed by atoms with Crippen LogP contribution >= 0.6 is 0 Å². The molecule has 0 aliphatic heterocycles. The zero-order chi connectivity index (χ0) is 13.1. The Labute approximate surface area is 115 Å². The molecule has 3 rings (SSSR count). The van der Waals surface area contributed by atoms with Gasteiger partial charge in [0.1, 0.15) is 0 Å². The molecule has 1 amide bonds. The Morgan fingerprint density at radius 3 is 2.32 bits per heavy atom. The Kier molecular flexibility index (Phi) is 3.86. The normalized spacial score (nSPS) is 21.9. The number of carbonyl (C=O) groups excluding carboxylic acids is 1. The number of carbonyl (C=O) groups is 1. The Balaban J connectivity index is 1.68. The third-order valence-corrected chi connectivity index (χ3v) is 4.49. The van der Waals surface area contributed by atoms with E-state index < -0.39 is 0 Å². The summed E-state index contributed by atoms with van der Waals surface area (Å²) in [7, 11) is 0. The fourth-order valence-electron chi connectivity index (χ4n) is 3.27. The second-order valence-corrected chi connectivity index (χ2v) is 6.07. The SMILES string of the molecule is O=C(NC1CCCCC1)C(c1ccccc1)C1CC1. The van der Waals surface area contributed by atoms with Crippen LogP contribution in [-0.2, 0) is 4.79 Å². The van der Waals surface area contributed by atoms with E-state index in [0.717, 1.165) is 12.8 Å². The number of rotatable bonds is 4. The van der Waals surface area contributed by atoms with Crippen LogP contribution in [0.3, 0.4) is 0 Å². The van der Waals surface area contributed by atoms with Crippen LogP contribution in [0, 0.1) is 5.92 Å². The molecule has 2 heteroatoms. The van der Waals surface area contributed by atoms with Crippen LogP contribution in [0.2, 0.25) is 0 Å². The Bertz CT molecular complexity index is 418. The molecule has 2 nitrogen and oxygen atoms in total. The number of hydrogen-bond donors (Lipinski definition) is 1. The molecule has 0 aromatic heterocycles. The second kappa shape index (κ2) is 5.77. The smallest absolute Gasteiger partial charge is 0.228 e. The minimum atomic E-state index is 0.0862. The number of nitrogens with one attached hydrogen (secondary N) is 1. The van der Waals surface area contributed by atoms with Crippen molar-refractivity contribution in [2.24, 2.45) is 5.92 Å². The lowest BCUT2D eigenvalue weighted by molar-refractivity contribution is -0.124. The molecule has 0 spiro atoms. The lowest BCUT2D eigenvalue weighted by Gasteiger charge is -2.25. The highest BCUT2D eigenvalue weighted by Crippen LogP contribution is 2.42. The van der Waals surface area contributed by atoms with Gasteiger partial charge in [0.05, 0.1) is 5.92 Å². The summed E-state index contributed by atoms with van der Waals surface area (Å²) in [6.07, 6.45) is 8.61. The summed E-state index contributed by atoms with van der Waals surface area (Å²) < 4.78 is 0. The highest BCUT2D eigenvalue weighted by molar-refractivity contribution is 5.84. The van der Waals surface area contributed by atoms with Crippen molar-refractivity contribution >= 4 is 5.91 Å². The predicted octanol–water partition coefficient (Wildman–Crippen LogP) is 3.63. The molecular weight excluding hydrogens is 234 g/mol. The van der Waals surface area contributed by atoms with Crippen LogP contribution in [-0.4, -0.2) is 11.9 Å².